The maximum absolute atomic E-state index is 12.0. The first-order chi connectivity index (χ1) is 8.15. The molecular formula is C13H9NO3. The van der Waals surface area contributed by atoms with Crippen molar-refractivity contribution in [2.24, 2.45) is 0 Å². The summed E-state index contributed by atoms with van der Waals surface area (Å²) in [5.74, 6) is 0. The molecule has 0 saturated carbocycles. The molecule has 2 rings (SSSR count). The van der Waals surface area contributed by atoms with E-state index in [1.807, 2.05) is 0 Å². The Bertz CT molecular complexity index is 679. The van der Waals surface area contributed by atoms with Crippen molar-refractivity contribution in [3.63, 3.8) is 0 Å². The number of para-hydroxylation sites is 1. The summed E-state index contributed by atoms with van der Waals surface area (Å²) in [6.07, 6.45) is -0.154. The molecule has 0 aliphatic carbocycles. The second kappa shape index (κ2) is 4.24. The zero-order chi connectivity index (χ0) is 12.4. The Kier molecular flexibility index (Phi) is 2.77. The highest BCUT2D eigenvalue weighted by molar-refractivity contribution is 5.76. The van der Waals surface area contributed by atoms with E-state index >= 15 is 0 Å². The van der Waals surface area contributed by atoms with Crippen molar-refractivity contribution in [2.75, 3.05) is 0 Å². The molecule has 0 aliphatic heterocycles. The summed E-state index contributed by atoms with van der Waals surface area (Å²) < 4.78 is 5.23. The zero-order valence-electron chi connectivity index (χ0n) is 8.88. The van der Waals surface area contributed by atoms with E-state index in [-0.39, 0.29) is 16.6 Å². The van der Waals surface area contributed by atoms with Crippen LogP contribution in [0.15, 0.2) is 51.9 Å². The van der Waals surface area contributed by atoms with Gasteiger partial charge in [-0.3, -0.25) is 4.79 Å². The molecule has 1 atom stereocenters. The third kappa shape index (κ3) is 1.84. The van der Waals surface area contributed by atoms with Crippen molar-refractivity contribution in [3.05, 3.63) is 58.5 Å². The lowest BCUT2D eigenvalue weighted by Crippen LogP contribution is -2.14. The summed E-state index contributed by atoms with van der Waals surface area (Å²) in [4.78, 5) is 12.0. The number of hydrogen-bond acceptors (Lipinski definition) is 4. The van der Waals surface area contributed by atoms with E-state index in [1.54, 1.807) is 30.3 Å². The second-order valence-electron chi connectivity index (χ2n) is 3.56. The van der Waals surface area contributed by atoms with Gasteiger partial charge >= 0.3 is 0 Å². The number of fused-ring (bicyclic) bond motifs is 1. The van der Waals surface area contributed by atoms with Gasteiger partial charge in [0.1, 0.15) is 18.0 Å². The van der Waals surface area contributed by atoms with Crippen LogP contribution >= 0.6 is 0 Å². The monoisotopic (exact) mass is 227 g/mol. The minimum atomic E-state index is -1.32. The average molecular weight is 227 g/mol. The summed E-state index contributed by atoms with van der Waals surface area (Å²) >= 11 is 0. The number of rotatable bonds is 2. The number of hydrogen-bond donors (Lipinski definition) is 1. The van der Waals surface area contributed by atoms with Crippen molar-refractivity contribution in [1.29, 1.82) is 5.26 Å². The number of nitrogens with zero attached hydrogens (tertiary/aromatic N) is 1. The first kappa shape index (κ1) is 11.1. The fraction of sp³-hybridized carbons (Fsp3) is 0.0769. The van der Waals surface area contributed by atoms with Gasteiger partial charge in [-0.1, -0.05) is 18.7 Å². The largest absolute Gasteiger partial charge is 0.464 e. The van der Waals surface area contributed by atoms with E-state index in [2.05, 4.69) is 6.58 Å². The number of aliphatic hydroxyl groups is 1. The van der Waals surface area contributed by atoms with Gasteiger partial charge in [-0.15, -0.1) is 0 Å². The Morgan fingerprint density at radius 2 is 2.18 bits per heavy atom. The Balaban J connectivity index is 2.66. The van der Waals surface area contributed by atoms with Crippen LogP contribution in [0.2, 0.25) is 0 Å². The van der Waals surface area contributed by atoms with Gasteiger partial charge < -0.3 is 9.52 Å². The van der Waals surface area contributed by atoms with Gasteiger partial charge in [0.2, 0.25) is 0 Å². The van der Waals surface area contributed by atoms with Gasteiger partial charge in [0.05, 0.1) is 22.6 Å². The molecule has 1 aromatic carbocycles. The third-order valence-electron chi connectivity index (χ3n) is 2.47. The van der Waals surface area contributed by atoms with Gasteiger partial charge in [0, 0.05) is 0 Å². The fourth-order valence-electron chi connectivity index (χ4n) is 1.53. The SMILES string of the molecule is C=C(C#N)C(O)c1coc2ccccc2c1=O. The molecule has 2 aromatic rings. The predicted molar refractivity (Wildman–Crippen MR) is 62.2 cm³/mol. The summed E-state index contributed by atoms with van der Waals surface area (Å²) in [5.41, 5.74) is 0.0228. The molecule has 1 heterocycles. The van der Waals surface area contributed by atoms with Crippen LogP contribution in [0.4, 0.5) is 0 Å². The number of aliphatic hydroxyl groups excluding tert-OH is 1. The van der Waals surface area contributed by atoms with Crippen LogP contribution in [-0.4, -0.2) is 5.11 Å². The Morgan fingerprint density at radius 3 is 2.88 bits per heavy atom. The summed E-state index contributed by atoms with van der Waals surface area (Å²) in [5, 5.41) is 18.7. The smallest absolute Gasteiger partial charge is 0.198 e. The molecule has 84 valence electrons. The van der Waals surface area contributed by atoms with E-state index in [0.29, 0.717) is 11.0 Å². The molecule has 1 unspecified atom stereocenters. The topological polar surface area (TPSA) is 74.2 Å². The maximum Gasteiger partial charge on any atom is 0.198 e. The quantitative estimate of drug-likeness (QED) is 0.795. The highest BCUT2D eigenvalue weighted by Crippen LogP contribution is 2.19. The normalized spacial score (nSPS) is 12.0. The van der Waals surface area contributed by atoms with Gasteiger partial charge in [-0.25, -0.2) is 0 Å². The van der Waals surface area contributed by atoms with Gasteiger partial charge in [-0.2, -0.15) is 5.26 Å². The van der Waals surface area contributed by atoms with Crippen molar-refractivity contribution in [3.8, 4) is 6.07 Å². The number of nitriles is 1. The third-order valence-corrected chi connectivity index (χ3v) is 2.47. The van der Waals surface area contributed by atoms with Crippen LogP contribution in [-0.2, 0) is 0 Å². The predicted octanol–water partition coefficient (Wildman–Crippen LogP) is 1.91. The molecule has 4 nitrogen and oxygen atoms in total. The van der Waals surface area contributed by atoms with Crippen molar-refractivity contribution in [1.82, 2.24) is 0 Å². The van der Waals surface area contributed by atoms with Crippen LogP contribution in [0.1, 0.15) is 11.7 Å². The lowest BCUT2D eigenvalue weighted by Gasteiger charge is -2.07. The summed E-state index contributed by atoms with van der Waals surface area (Å²) in [6, 6.07) is 8.42. The molecule has 0 amide bonds. The summed E-state index contributed by atoms with van der Waals surface area (Å²) in [6.45, 7) is 3.38. The van der Waals surface area contributed by atoms with E-state index in [9.17, 15) is 9.90 Å². The van der Waals surface area contributed by atoms with Crippen LogP contribution < -0.4 is 5.43 Å². The Morgan fingerprint density at radius 1 is 1.47 bits per heavy atom. The van der Waals surface area contributed by atoms with E-state index in [0.717, 1.165) is 6.26 Å². The molecular weight excluding hydrogens is 218 g/mol. The average Bonchev–Trinajstić information content (AvgIpc) is 2.38. The van der Waals surface area contributed by atoms with E-state index in [1.165, 1.54) is 0 Å². The molecule has 0 aliphatic rings. The van der Waals surface area contributed by atoms with Gasteiger partial charge in [0.25, 0.3) is 0 Å². The highest BCUT2D eigenvalue weighted by Gasteiger charge is 2.17. The maximum atomic E-state index is 12.0. The molecule has 1 N–H and O–H groups in total. The van der Waals surface area contributed by atoms with Crippen LogP contribution in [0.3, 0.4) is 0 Å². The van der Waals surface area contributed by atoms with Crippen molar-refractivity contribution >= 4 is 11.0 Å². The Labute approximate surface area is 97.0 Å². The van der Waals surface area contributed by atoms with Gasteiger partial charge in [-0.05, 0) is 12.1 Å². The first-order valence-electron chi connectivity index (χ1n) is 4.92. The molecule has 17 heavy (non-hydrogen) atoms. The highest BCUT2D eigenvalue weighted by atomic mass is 16.3. The molecule has 0 bridgehead atoms. The molecule has 0 saturated heterocycles. The van der Waals surface area contributed by atoms with Crippen LogP contribution in [0, 0.1) is 11.3 Å². The van der Waals surface area contributed by atoms with E-state index in [4.69, 9.17) is 9.68 Å². The second-order valence-corrected chi connectivity index (χ2v) is 3.56. The fourth-order valence-corrected chi connectivity index (χ4v) is 1.53. The standard InChI is InChI=1S/C13H9NO3/c1-8(6-14)12(15)10-7-17-11-5-3-2-4-9(11)13(10)16/h2-5,7,12,15H,1H2. The molecule has 4 heteroatoms. The van der Waals surface area contributed by atoms with Gasteiger partial charge in [0.15, 0.2) is 5.43 Å². The molecule has 1 aromatic heterocycles. The zero-order valence-corrected chi connectivity index (χ0v) is 8.88. The lowest BCUT2D eigenvalue weighted by atomic mass is 10.0. The number of benzene rings is 1. The van der Waals surface area contributed by atoms with Crippen LogP contribution in [0.5, 0.6) is 0 Å². The summed E-state index contributed by atoms with van der Waals surface area (Å²) in [7, 11) is 0. The minimum absolute atomic E-state index is 0.0234. The molecule has 0 spiro atoms. The molecule has 0 radical (unpaired) electrons. The Hall–Kier alpha value is -2.38. The van der Waals surface area contributed by atoms with Crippen molar-refractivity contribution < 1.29 is 9.52 Å². The van der Waals surface area contributed by atoms with E-state index < -0.39 is 6.10 Å². The van der Waals surface area contributed by atoms with Crippen molar-refractivity contribution in [2.45, 2.75) is 6.10 Å². The van der Waals surface area contributed by atoms with Crippen LogP contribution in [0.25, 0.3) is 11.0 Å². The first-order valence-corrected chi connectivity index (χ1v) is 4.92. The molecule has 0 fully saturated rings. The minimum Gasteiger partial charge on any atom is -0.464 e. The lowest BCUT2D eigenvalue weighted by molar-refractivity contribution is 0.217.